The van der Waals surface area contributed by atoms with Gasteiger partial charge in [-0.1, -0.05) is 6.42 Å². The number of pyridine rings is 1. The third kappa shape index (κ3) is 3.42. The fourth-order valence-corrected chi connectivity index (χ4v) is 3.94. The van der Waals surface area contributed by atoms with Gasteiger partial charge in [-0.25, -0.2) is 4.98 Å². The molecule has 1 saturated heterocycles. The second kappa shape index (κ2) is 6.76. The molecule has 1 aliphatic heterocycles. The van der Waals surface area contributed by atoms with Gasteiger partial charge in [0.2, 0.25) is 0 Å². The molecule has 1 aromatic rings. The Morgan fingerprint density at radius 3 is 2.70 bits per heavy atom. The number of nitrogens with two attached hydrogens (primary N) is 1. The van der Waals surface area contributed by atoms with E-state index in [-0.39, 0.29) is 17.5 Å². The topological polar surface area (TPSA) is 105 Å². The lowest BCUT2D eigenvalue weighted by Crippen LogP contribution is -2.33. The highest BCUT2D eigenvalue weighted by Gasteiger charge is 2.42. The zero-order chi connectivity index (χ0) is 16.3. The lowest BCUT2D eigenvalue weighted by molar-refractivity contribution is -0.184. The van der Waals surface area contributed by atoms with E-state index >= 15 is 0 Å². The van der Waals surface area contributed by atoms with E-state index in [9.17, 15) is 5.26 Å². The molecule has 0 bridgehead atoms. The van der Waals surface area contributed by atoms with Gasteiger partial charge in [-0.3, -0.25) is 0 Å². The Kier molecular flexibility index (Phi) is 4.72. The Bertz CT molecular complexity index is 674. The van der Waals surface area contributed by atoms with E-state index < -0.39 is 5.79 Å². The molecule has 6 nitrogen and oxygen atoms in total. The summed E-state index contributed by atoms with van der Waals surface area (Å²) in [7, 11) is 0. The van der Waals surface area contributed by atoms with Gasteiger partial charge in [-0.2, -0.15) is 10.5 Å². The van der Waals surface area contributed by atoms with Gasteiger partial charge in [0.05, 0.1) is 23.8 Å². The third-order valence-electron chi connectivity index (χ3n) is 4.19. The van der Waals surface area contributed by atoms with Crippen LogP contribution >= 0.6 is 11.8 Å². The minimum Gasteiger partial charge on any atom is -0.383 e. The van der Waals surface area contributed by atoms with Crippen molar-refractivity contribution in [3.63, 3.8) is 0 Å². The minimum atomic E-state index is -0.390. The molecule has 1 aliphatic carbocycles. The number of nitrogen functional groups attached to an aromatic ring is 1. The van der Waals surface area contributed by atoms with E-state index in [0.717, 1.165) is 25.7 Å². The van der Waals surface area contributed by atoms with Crippen molar-refractivity contribution < 1.29 is 9.47 Å². The zero-order valence-corrected chi connectivity index (χ0v) is 13.6. The molecule has 2 N–H and O–H groups in total. The average Bonchev–Trinajstić information content (AvgIpc) is 2.96. The molecule has 0 radical (unpaired) electrons. The Balaban J connectivity index is 1.64. The average molecular weight is 330 g/mol. The molecule has 0 aromatic carbocycles. The summed E-state index contributed by atoms with van der Waals surface area (Å²) in [5.74, 6) is 0.411. The number of nitriles is 2. The maximum atomic E-state index is 9.21. The van der Waals surface area contributed by atoms with Crippen LogP contribution in [0.2, 0.25) is 0 Å². The van der Waals surface area contributed by atoms with Crippen LogP contribution in [0, 0.1) is 22.7 Å². The number of nitrogens with zero attached hydrogens (tertiary/aromatic N) is 3. The van der Waals surface area contributed by atoms with Crippen LogP contribution in [-0.4, -0.2) is 29.2 Å². The fraction of sp³-hybridized carbons (Fsp3) is 0.562. The van der Waals surface area contributed by atoms with Crippen LogP contribution in [0.3, 0.4) is 0 Å². The summed E-state index contributed by atoms with van der Waals surface area (Å²) in [6.45, 7) is 0.570. The Morgan fingerprint density at radius 1 is 1.26 bits per heavy atom. The molecule has 1 unspecified atom stereocenters. The number of thioether (sulfide) groups is 1. The summed E-state index contributed by atoms with van der Waals surface area (Å²) in [6, 6.07) is 5.49. The van der Waals surface area contributed by atoms with E-state index in [1.165, 1.54) is 24.2 Å². The van der Waals surface area contributed by atoms with Crippen molar-refractivity contribution in [2.45, 2.75) is 49.0 Å². The number of hydrogen-bond acceptors (Lipinski definition) is 7. The third-order valence-corrected chi connectivity index (χ3v) is 5.32. The Labute approximate surface area is 139 Å². The molecule has 1 aromatic heterocycles. The summed E-state index contributed by atoms with van der Waals surface area (Å²) in [5, 5.41) is 18.7. The smallest absolute Gasteiger partial charge is 0.168 e. The summed E-state index contributed by atoms with van der Waals surface area (Å²) in [6.07, 6.45) is 5.44. The summed E-state index contributed by atoms with van der Waals surface area (Å²) >= 11 is 1.42. The molecule has 2 fully saturated rings. The van der Waals surface area contributed by atoms with Gasteiger partial charge in [0, 0.05) is 18.6 Å². The number of rotatable bonds is 3. The SMILES string of the molecule is N#Cc1cc(C#N)c(SCC2COC3(CCCCC3)O2)nc1N. The second-order valence-corrected chi connectivity index (χ2v) is 6.84. The second-order valence-electron chi connectivity index (χ2n) is 5.83. The minimum absolute atomic E-state index is 0.0108. The summed E-state index contributed by atoms with van der Waals surface area (Å²) < 4.78 is 12.0. The number of aromatic nitrogens is 1. The molecule has 120 valence electrons. The number of anilines is 1. The van der Waals surface area contributed by atoms with Gasteiger partial charge in [0.1, 0.15) is 23.0 Å². The first kappa shape index (κ1) is 16.1. The first-order valence-electron chi connectivity index (χ1n) is 7.71. The first-order valence-corrected chi connectivity index (χ1v) is 8.70. The van der Waals surface area contributed by atoms with Crippen LogP contribution in [0.25, 0.3) is 0 Å². The first-order chi connectivity index (χ1) is 11.2. The van der Waals surface area contributed by atoms with Crippen molar-refractivity contribution in [1.82, 2.24) is 4.98 Å². The van der Waals surface area contributed by atoms with E-state index in [2.05, 4.69) is 11.1 Å². The molecule has 2 heterocycles. The standard InChI is InChI=1S/C16H18N4O2S/c17-7-11-6-12(8-18)15(20-14(11)19)23-10-13-9-21-16(22-13)4-2-1-3-5-16/h6,13H,1-5,9-10H2,(H2,19,20). The largest absolute Gasteiger partial charge is 0.383 e. The van der Waals surface area contributed by atoms with Gasteiger partial charge in [0.25, 0.3) is 0 Å². The van der Waals surface area contributed by atoms with Crippen LogP contribution < -0.4 is 5.73 Å². The van der Waals surface area contributed by atoms with Crippen molar-refractivity contribution >= 4 is 17.6 Å². The van der Waals surface area contributed by atoms with E-state index in [1.54, 1.807) is 0 Å². The van der Waals surface area contributed by atoms with Gasteiger partial charge in [-0.05, 0) is 18.9 Å². The summed E-state index contributed by atoms with van der Waals surface area (Å²) in [5.41, 5.74) is 6.34. The Hall–Kier alpha value is -1.80. The van der Waals surface area contributed by atoms with Gasteiger partial charge in [0.15, 0.2) is 5.79 Å². The number of hydrogen-bond donors (Lipinski definition) is 1. The molecule has 1 spiro atoms. The lowest BCUT2D eigenvalue weighted by Gasteiger charge is -2.31. The lowest BCUT2D eigenvalue weighted by atomic mass is 9.94. The van der Waals surface area contributed by atoms with E-state index in [1.807, 2.05) is 6.07 Å². The quantitative estimate of drug-likeness (QED) is 0.849. The molecule has 2 aliphatic rings. The number of ether oxygens (including phenoxy) is 2. The highest BCUT2D eigenvalue weighted by Crippen LogP contribution is 2.39. The van der Waals surface area contributed by atoms with E-state index in [0.29, 0.717) is 22.9 Å². The Morgan fingerprint density at radius 2 is 2.00 bits per heavy atom. The zero-order valence-electron chi connectivity index (χ0n) is 12.7. The molecule has 7 heteroatoms. The highest BCUT2D eigenvalue weighted by atomic mass is 32.2. The monoisotopic (exact) mass is 330 g/mol. The van der Waals surface area contributed by atoms with Crippen LogP contribution in [-0.2, 0) is 9.47 Å². The van der Waals surface area contributed by atoms with Gasteiger partial charge in [-0.15, -0.1) is 11.8 Å². The van der Waals surface area contributed by atoms with Crippen LogP contribution in [0.1, 0.15) is 43.2 Å². The molecule has 3 rings (SSSR count). The maximum absolute atomic E-state index is 9.21. The molecule has 1 atom stereocenters. The maximum Gasteiger partial charge on any atom is 0.168 e. The van der Waals surface area contributed by atoms with Crippen molar-refractivity contribution in [3.8, 4) is 12.1 Å². The predicted octanol–water partition coefficient (Wildman–Crippen LogP) is 2.58. The van der Waals surface area contributed by atoms with Crippen LogP contribution in [0.15, 0.2) is 11.1 Å². The van der Waals surface area contributed by atoms with Crippen LogP contribution in [0.5, 0.6) is 0 Å². The summed E-state index contributed by atoms with van der Waals surface area (Å²) in [4.78, 5) is 4.18. The molecular formula is C16H18N4O2S. The normalized spacial score (nSPS) is 22.6. The molecular weight excluding hydrogens is 312 g/mol. The van der Waals surface area contributed by atoms with Gasteiger partial charge < -0.3 is 15.2 Å². The van der Waals surface area contributed by atoms with E-state index in [4.69, 9.17) is 20.5 Å². The van der Waals surface area contributed by atoms with Crippen molar-refractivity contribution in [2.24, 2.45) is 0 Å². The molecule has 23 heavy (non-hydrogen) atoms. The van der Waals surface area contributed by atoms with Crippen molar-refractivity contribution in [2.75, 3.05) is 18.1 Å². The molecule has 1 saturated carbocycles. The van der Waals surface area contributed by atoms with Crippen molar-refractivity contribution in [1.29, 1.82) is 10.5 Å². The highest BCUT2D eigenvalue weighted by molar-refractivity contribution is 7.99. The van der Waals surface area contributed by atoms with Crippen molar-refractivity contribution in [3.05, 3.63) is 17.2 Å². The van der Waals surface area contributed by atoms with Crippen LogP contribution in [0.4, 0.5) is 5.82 Å². The predicted molar refractivity (Wildman–Crippen MR) is 85.4 cm³/mol. The molecule has 0 amide bonds. The fourth-order valence-electron chi connectivity index (χ4n) is 3.01. The van der Waals surface area contributed by atoms with Gasteiger partial charge >= 0.3 is 0 Å².